The summed E-state index contributed by atoms with van der Waals surface area (Å²) in [6.45, 7) is 0.701. The highest BCUT2D eigenvalue weighted by Gasteiger charge is 2.31. The van der Waals surface area contributed by atoms with E-state index in [1.807, 2.05) is 29.2 Å². The van der Waals surface area contributed by atoms with E-state index in [2.05, 4.69) is 0 Å². The van der Waals surface area contributed by atoms with Gasteiger partial charge in [0.1, 0.15) is 5.75 Å². The van der Waals surface area contributed by atoms with Crippen molar-refractivity contribution in [1.29, 1.82) is 0 Å². The summed E-state index contributed by atoms with van der Waals surface area (Å²) in [6, 6.07) is 11.2. The maximum Gasteiger partial charge on any atom is 0.254 e. The quantitative estimate of drug-likeness (QED) is 0.779. The van der Waals surface area contributed by atoms with Crippen molar-refractivity contribution in [2.75, 3.05) is 27.9 Å². The van der Waals surface area contributed by atoms with Crippen molar-refractivity contribution in [2.24, 2.45) is 0 Å². The predicted octanol–water partition coefficient (Wildman–Crippen LogP) is 4.34. The van der Waals surface area contributed by atoms with Gasteiger partial charge in [0.2, 0.25) is 0 Å². The molecule has 0 aromatic heterocycles. The largest absolute Gasteiger partial charge is 0.497 e. The van der Waals surface area contributed by atoms with Gasteiger partial charge in [0.25, 0.3) is 5.91 Å². The van der Waals surface area contributed by atoms with Crippen LogP contribution < -0.4 is 14.2 Å². The molecule has 5 nitrogen and oxygen atoms in total. The molecule has 1 saturated heterocycles. The van der Waals surface area contributed by atoms with Gasteiger partial charge in [0, 0.05) is 12.1 Å². The fourth-order valence-corrected chi connectivity index (χ4v) is 3.70. The highest BCUT2D eigenvalue weighted by molar-refractivity contribution is 6.32. The van der Waals surface area contributed by atoms with Crippen LogP contribution in [0.25, 0.3) is 0 Å². The molecule has 6 heteroatoms. The Morgan fingerprint density at radius 1 is 1.12 bits per heavy atom. The van der Waals surface area contributed by atoms with Crippen LogP contribution in [0.1, 0.15) is 34.8 Å². The molecule has 0 aliphatic carbocycles. The number of benzene rings is 2. The van der Waals surface area contributed by atoms with Crippen LogP contribution in [0.2, 0.25) is 5.02 Å². The molecule has 2 aromatic rings. The van der Waals surface area contributed by atoms with Crippen LogP contribution >= 0.6 is 11.6 Å². The van der Waals surface area contributed by atoms with Crippen LogP contribution in [0.5, 0.6) is 17.2 Å². The van der Waals surface area contributed by atoms with Gasteiger partial charge >= 0.3 is 0 Å². The first-order chi connectivity index (χ1) is 12.6. The Labute approximate surface area is 158 Å². The third-order valence-corrected chi connectivity index (χ3v) is 4.95. The van der Waals surface area contributed by atoms with E-state index in [1.165, 1.54) is 14.2 Å². The van der Waals surface area contributed by atoms with Crippen molar-refractivity contribution >= 4 is 17.5 Å². The average molecular weight is 376 g/mol. The van der Waals surface area contributed by atoms with E-state index < -0.39 is 0 Å². The molecule has 26 heavy (non-hydrogen) atoms. The van der Waals surface area contributed by atoms with Crippen molar-refractivity contribution in [3.8, 4) is 17.2 Å². The number of hydrogen-bond acceptors (Lipinski definition) is 4. The maximum absolute atomic E-state index is 13.1. The first-order valence-electron chi connectivity index (χ1n) is 8.45. The maximum atomic E-state index is 13.1. The van der Waals surface area contributed by atoms with E-state index >= 15 is 0 Å². The molecule has 0 saturated carbocycles. The zero-order valence-electron chi connectivity index (χ0n) is 15.1. The van der Waals surface area contributed by atoms with Crippen molar-refractivity contribution < 1.29 is 19.0 Å². The third kappa shape index (κ3) is 3.44. The van der Waals surface area contributed by atoms with Gasteiger partial charge in [-0.25, -0.2) is 0 Å². The molecule has 0 N–H and O–H groups in total. The molecule has 1 atom stereocenters. The number of carbonyl (C=O) groups is 1. The fraction of sp³-hybridized carbons (Fsp3) is 0.350. The van der Waals surface area contributed by atoms with Crippen molar-refractivity contribution in [1.82, 2.24) is 4.90 Å². The molecule has 2 aromatic carbocycles. The lowest BCUT2D eigenvalue weighted by atomic mass is 10.0. The lowest BCUT2D eigenvalue weighted by Gasteiger charge is -2.26. The van der Waals surface area contributed by atoms with Crippen LogP contribution in [-0.4, -0.2) is 38.7 Å². The molecule has 0 spiro atoms. The summed E-state index contributed by atoms with van der Waals surface area (Å²) in [6.07, 6.45) is 1.87. The monoisotopic (exact) mass is 375 g/mol. The van der Waals surface area contributed by atoms with Gasteiger partial charge in [-0.3, -0.25) is 4.79 Å². The second kappa shape index (κ2) is 7.87. The third-order valence-electron chi connectivity index (χ3n) is 4.67. The summed E-state index contributed by atoms with van der Waals surface area (Å²) in [7, 11) is 4.68. The van der Waals surface area contributed by atoms with Gasteiger partial charge < -0.3 is 19.1 Å². The standard InChI is InChI=1S/C20H22ClNO4/c1-24-15-7-4-6-13(10-15)17-8-5-9-22(17)20(23)14-11-16(21)19(26-3)18(12-14)25-2/h4,6-7,10-12,17H,5,8-9H2,1-3H3. The minimum Gasteiger partial charge on any atom is -0.497 e. The number of rotatable bonds is 5. The Balaban J connectivity index is 1.92. The van der Waals surface area contributed by atoms with Gasteiger partial charge in [-0.2, -0.15) is 0 Å². The van der Waals surface area contributed by atoms with E-state index in [0.717, 1.165) is 24.2 Å². The summed E-state index contributed by atoms with van der Waals surface area (Å²) < 4.78 is 15.9. The predicted molar refractivity (Wildman–Crippen MR) is 101 cm³/mol. The van der Waals surface area contributed by atoms with E-state index in [-0.39, 0.29) is 11.9 Å². The normalized spacial score (nSPS) is 16.5. The Hall–Kier alpha value is -2.40. The van der Waals surface area contributed by atoms with Crippen molar-refractivity contribution in [3.63, 3.8) is 0 Å². The molecular formula is C20H22ClNO4. The molecule has 1 amide bonds. The number of hydrogen-bond donors (Lipinski definition) is 0. The van der Waals surface area contributed by atoms with Gasteiger partial charge in [-0.1, -0.05) is 23.7 Å². The number of amides is 1. The molecule has 0 bridgehead atoms. The number of halogens is 1. The highest BCUT2D eigenvalue weighted by Crippen LogP contribution is 2.39. The SMILES string of the molecule is COc1cccc(C2CCCN2C(=O)c2cc(Cl)c(OC)c(OC)c2)c1. The minimum atomic E-state index is -0.0711. The molecule has 1 unspecified atom stereocenters. The minimum absolute atomic E-state index is 0.0180. The molecule has 1 aliphatic heterocycles. The summed E-state index contributed by atoms with van der Waals surface area (Å²) in [4.78, 5) is 15.0. The van der Waals surface area contributed by atoms with Crippen LogP contribution in [-0.2, 0) is 0 Å². The Bertz CT molecular complexity index is 808. The van der Waals surface area contributed by atoms with Crippen LogP contribution in [0.4, 0.5) is 0 Å². The molecular weight excluding hydrogens is 354 g/mol. The van der Waals surface area contributed by atoms with Crippen molar-refractivity contribution in [3.05, 3.63) is 52.5 Å². The highest BCUT2D eigenvalue weighted by atomic mass is 35.5. The Morgan fingerprint density at radius 2 is 1.92 bits per heavy atom. The van der Waals surface area contributed by atoms with E-state index in [9.17, 15) is 4.79 Å². The first-order valence-corrected chi connectivity index (χ1v) is 8.83. The van der Waals surface area contributed by atoms with E-state index in [4.69, 9.17) is 25.8 Å². The molecule has 1 heterocycles. The zero-order valence-corrected chi connectivity index (χ0v) is 15.9. The molecule has 138 valence electrons. The van der Waals surface area contributed by atoms with Gasteiger partial charge in [-0.15, -0.1) is 0 Å². The summed E-state index contributed by atoms with van der Waals surface area (Å²) >= 11 is 6.26. The number of likely N-dealkylation sites (tertiary alicyclic amines) is 1. The fourth-order valence-electron chi connectivity index (χ4n) is 3.41. The lowest BCUT2D eigenvalue weighted by Crippen LogP contribution is -2.30. The number of carbonyl (C=O) groups excluding carboxylic acids is 1. The van der Waals surface area contributed by atoms with E-state index in [0.29, 0.717) is 28.6 Å². The first kappa shape index (κ1) is 18.4. The average Bonchev–Trinajstić information content (AvgIpc) is 3.16. The topological polar surface area (TPSA) is 48.0 Å². The van der Waals surface area contributed by atoms with Crippen LogP contribution in [0.3, 0.4) is 0 Å². The van der Waals surface area contributed by atoms with Crippen LogP contribution in [0, 0.1) is 0 Å². The molecule has 1 aliphatic rings. The number of methoxy groups -OCH3 is 3. The summed E-state index contributed by atoms with van der Waals surface area (Å²) in [5.41, 5.74) is 1.56. The second-order valence-electron chi connectivity index (χ2n) is 6.13. The second-order valence-corrected chi connectivity index (χ2v) is 6.53. The smallest absolute Gasteiger partial charge is 0.254 e. The van der Waals surface area contributed by atoms with Gasteiger partial charge in [0.05, 0.1) is 32.4 Å². The number of nitrogens with zero attached hydrogens (tertiary/aromatic N) is 1. The number of ether oxygens (including phenoxy) is 3. The lowest BCUT2D eigenvalue weighted by molar-refractivity contribution is 0.0735. The molecule has 1 fully saturated rings. The van der Waals surface area contributed by atoms with E-state index in [1.54, 1.807) is 19.2 Å². The Morgan fingerprint density at radius 3 is 2.62 bits per heavy atom. The van der Waals surface area contributed by atoms with Gasteiger partial charge in [-0.05, 0) is 42.7 Å². The summed E-state index contributed by atoms with van der Waals surface area (Å²) in [5, 5.41) is 0.354. The molecule has 0 radical (unpaired) electrons. The molecule has 3 rings (SSSR count). The Kier molecular flexibility index (Phi) is 5.57. The van der Waals surface area contributed by atoms with Gasteiger partial charge in [0.15, 0.2) is 11.5 Å². The zero-order chi connectivity index (χ0) is 18.7. The summed E-state index contributed by atoms with van der Waals surface area (Å²) in [5.74, 6) is 1.59. The van der Waals surface area contributed by atoms with Crippen molar-refractivity contribution in [2.45, 2.75) is 18.9 Å². The van der Waals surface area contributed by atoms with Crippen LogP contribution in [0.15, 0.2) is 36.4 Å².